The molecule has 1 fully saturated rings. The highest BCUT2D eigenvalue weighted by Gasteiger charge is 2.39. The average Bonchev–Trinajstić information content (AvgIpc) is 3.35. The van der Waals surface area contributed by atoms with Gasteiger partial charge in [-0.1, -0.05) is 38.4 Å². The van der Waals surface area contributed by atoms with Crippen LogP contribution in [-0.4, -0.2) is 44.2 Å². The zero-order valence-electron chi connectivity index (χ0n) is 24.6. The maximum Gasteiger partial charge on any atom is 0.404 e. The van der Waals surface area contributed by atoms with Gasteiger partial charge in [-0.15, -0.1) is 11.3 Å². The number of rotatable bonds is 7. The molecule has 1 unspecified atom stereocenters. The lowest BCUT2D eigenvalue weighted by molar-refractivity contribution is 0.0543. The fourth-order valence-electron chi connectivity index (χ4n) is 6.27. The lowest BCUT2D eigenvalue weighted by atomic mass is 9.72. The normalized spacial score (nSPS) is 17.8. The van der Waals surface area contributed by atoms with E-state index >= 15 is 0 Å². The van der Waals surface area contributed by atoms with Crippen LogP contribution in [0.2, 0.25) is 5.02 Å². The van der Waals surface area contributed by atoms with Gasteiger partial charge in [0.15, 0.2) is 0 Å². The number of phenols is 1. The molecule has 2 aromatic heterocycles. The van der Waals surface area contributed by atoms with Gasteiger partial charge in [0.2, 0.25) is 0 Å². The Labute approximate surface area is 263 Å². The standard InChI is InChI=1S/C33H34ClF2N3O4S/c1-33(2,3)30(38-32(42)43)19-4-7-22(8-5-19)39(17-21-16-20(6-11-25(21)40)18-12-14-37-15-13-18)31(41)29-27(34)26-23(35)9-10-24(36)28(26)44-29/h6,9-16,19,22,30,38,40H,4-5,7-8,17H2,1-3H3,(H,42,43). The smallest absolute Gasteiger partial charge is 0.404 e. The van der Waals surface area contributed by atoms with Crippen LogP contribution in [0.1, 0.15) is 61.7 Å². The zero-order chi connectivity index (χ0) is 31.8. The maximum atomic E-state index is 14.7. The van der Waals surface area contributed by atoms with Crippen LogP contribution >= 0.6 is 22.9 Å². The number of carboxylic acid groups (broad SMARTS) is 1. The lowest BCUT2D eigenvalue weighted by Gasteiger charge is -2.43. The molecule has 0 spiro atoms. The Morgan fingerprint density at radius 2 is 1.70 bits per heavy atom. The van der Waals surface area contributed by atoms with Crippen molar-refractivity contribution in [1.82, 2.24) is 15.2 Å². The molecule has 1 aliphatic rings. The first-order valence-corrected chi connectivity index (χ1v) is 15.6. The van der Waals surface area contributed by atoms with E-state index in [-0.39, 0.29) is 55.7 Å². The van der Waals surface area contributed by atoms with Gasteiger partial charge in [-0.3, -0.25) is 9.78 Å². The van der Waals surface area contributed by atoms with E-state index in [0.29, 0.717) is 31.2 Å². The SMILES string of the molecule is CC(C)(C)C(NC(=O)O)C1CCC(N(Cc2cc(-c3ccncc3)ccc2O)C(=O)c2sc3c(F)ccc(F)c3c2Cl)CC1. The molecule has 1 aliphatic carbocycles. The summed E-state index contributed by atoms with van der Waals surface area (Å²) >= 11 is 7.36. The molecule has 11 heteroatoms. The second-order valence-electron chi connectivity index (χ2n) is 12.4. The minimum atomic E-state index is -1.08. The van der Waals surface area contributed by atoms with Gasteiger partial charge in [-0.05, 0) is 84.5 Å². The molecule has 0 aliphatic heterocycles. The van der Waals surface area contributed by atoms with Crippen molar-refractivity contribution < 1.29 is 28.6 Å². The van der Waals surface area contributed by atoms with E-state index in [1.54, 1.807) is 29.4 Å². The van der Waals surface area contributed by atoms with Crippen molar-refractivity contribution in [2.75, 3.05) is 0 Å². The summed E-state index contributed by atoms with van der Waals surface area (Å²) in [4.78, 5) is 31.6. The van der Waals surface area contributed by atoms with Gasteiger partial charge >= 0.3 is 6.09 Å². The van der Waals surface area contributed by atoms with Gasteiger partial charge in [0.05, 0.1) is 15.1 Å². The Morgan fingerprint density at radius 1 is 1.05 bits per heavy atom. The predicted molar refractivity (Wildman–Crippen MR) is 168 cm³/mol. The third-order valence-corrected chi connectivity index (χ3v) is 10.1. The van der Waals surface area contributed by atoms with Crippen molar-refractivity contribution in [1.29, 1.82) is 0 Å². The van der Waals surface area contributed by atoms with Gasteiger partial charge in [0.25, 0.3) is 5.91 Å². The number of nitrogens with one attached hydrogen (secondary N) is 1. The molecule has 0 radical (unpaired) electrons. The van der Waals surface area contributed by atoms with Crippen LogP contribution in [0.5, 0.6) is 5.75 Å². The summed E-state index contributed by atoms with van der Waals surface area (Å²) < 4.78 is 29.3. The van der Waals surface area contributed by atoms with E-state index in [4.69, 9.17) is 11.6 Å². The van der Waals surface area contributed by atoms with Crippen LogP contribution in [0.3, 0.4) is 0 Å². The van der Waals surface area contributed by atoms with Crippen molar-refractivity contribution >= 4 is 45.0 Å². The Kier molecular flexibility index (Phi) is 9.13. The van der Waals surface area contributed by atoms with E-state index in [9.17, 15) is 28.6 Å². The van der Waals surface area contributed by atoms with Crippen LogP contribution in [0.25, 0.3) is 21.2 Å². The number of halogens is 3. The minimum Gasteiger partial charge on any atom is -0.508 e. The summed E-state index contributed by atoms with van der Waals surface area (Å²) in [6, 6.07) is 10.3. The van der Waals surface area contributed by atoms with E-state index in [1.807, 2.05) is 39.0 Å². The highest BCUT2D eigenvalue weighted by molar-refractivity contribution is 7.21. The zero-order valence-corrected chi connectivity index (χ0v) is 26.2. The molecule has 4 aromatic rings. The van der Waals surface area contributed by atoms with Crippen molar-refractivity contribution in [2.45, 2.75) is 65.1 Å². The molecule has 0 saturated heterocycles. The molecule has 2 amide bonds. The fraction of sp³-hybridized carbons (Fsp3) is 0.364. The molecule has 3 N–H and O–H groups in total. The van der Waals surface area contributed by atoms with Gasteiger partial charge in [0.1, 0.15) is 22.3 Å². The number of amides is 2. The van der Waals surface area contributed by atoms with Crippen molar-refractivity contribution in [3.63, 3.8) is 0 Å². The maximum absolute atomic E-state index is 14.7. The molecule has 0 bridgehead atoms. The van der Waals surface area contributed by atoms with Crippen LogP contribution in [0.4, 0.5) is 13.6 Å². The predicted octanol–water partition coefficient (Wildman–Crippen LogP) is 8.48. The Morgan fingerprint density at radius 3 is 2.32 bits per heavy atom. The monoisotopic (exact) mass is 641 g/mol. The molecule has 2 heterocycles. The number of aromatic hydroxyl groups is 1. The number of aromatic nitrogens is 1. The van der Waals surface area contributed by atoms with Gasteiger partial charge in [0, 0.05) is 36.6 Å². The first kappa shape index (κ1) is 31.7. The highest BCUT2D eigenvalue weighted by atomic mass is 35.5. The number of nitrogens with zero attached hydrogens (tertiary/aromatic N) is 2. The first-order valence-electron chi connectivity index (χ1n) is 14.4. The van der Waals surface area contributed by atoms with Gasteiger partial charge < -0.3 is 20.4 Å². The third-order valence-electron chi connectivity index (χ3n) is 8.44. The molecule has 2 aromatic carbocycles. The van der Waals surface area contributed by atoms with Crippen LogP contribution in [-0.2, 0) is 6.54 Å². The van der Waals surface area contributed by atoms with E-state index in [1.165, 1.54) is 0 Å². The number of benzene rings is 2. The number of fused-ring (bicyclic) bond motifs is 1. The summed E-state index contributed by atoms with van der Waals surface area (Å²) in [5, 5.41) is 22.8. The summed E-state index contributed by atoms with van der Waals surface area (Å²) in [7, 11) is 0. The van der Waals surface area contributed by atoms with Gasteiger partial charge in [-0.25, -0.2) is 13.6 Å². The Bertz CT molecular complexity index is 1680. The molecule has 1 atom stereocenters. The molecule has 5 rings (SSSR count). The number of thiophene rings is 1. The lowest BCUT2D eigenvalue weighted by Crippen LogP contribution is -2.50. The molecule has 7 nitrogen and oxygen atoms in total. The molecular weight excluding hydrogens is 608 g/mol. The average molecular weight is 642 g/mol. The number of carbonyl (C=O) groups is 2. The number of hydrogen-bond donors (Lipinski definition) is 3. The van der Waals surface area contributed by atoms with Crippen LogP contribution in [0, 0.1) is 23.0 Å². The molecule has 232 valence electrons. The summed E-state index contributed by atoms with van der Waals surface area (Å²) in [5.41, 5.74) is 1.90. The first-order chi connectivity index (χ1) is 20.8. The summed E-state index contributed by atoms with van der Waals surface area (Å²) in [5.74, 6) is -1.80. The van der Waals surface area contributed by atoms with Crippen molar-refractivity contribution in [2.24, 2.45) is 11.3 Å². The largest absolute Gasteiger partial charge is 0.508 e. The topological polar surface area (TPSA) is 103 Å². The van der Waals surface area contributed by atoms with Crippen LogP contribution < -0.4 is 5.32 Å². The second-order valence-corrected chi connectivity index (χ2v) is 13.8. The highest BCUT2D eigenvalue weighted by Crippen LogP contribution is 2.42. The quantitative estimate of drug-likeness (QED) is 0.188. The number of pyridine rings is 1. The number of phenolic OH excluding ortho intramolecular Hbond substituents is 1. The second kappa shape index (κ2) is 12.7. The third kappa shape index (κ3) is 6.51. The van der Waals surface area contributed by atoms with E-state index in [0.717, 1.165) is 34.6 Å². The fourth-order valence-corrected chi connectivity index (χ4v) is 7.78. The van der Waals surface area contributed by atoms with Crippen LogP contribution in [0.15, 0.2) is 54.9 Å². The Balaban J connectivity index is 1.50. The van der Waals surface area contributed by atoms with Gasteiger partial charge in [-0.2, -0.15) is 0 Å². The molecule has 44 heavy (non-hydrogen) atoms. The number of carbonyl (C=O) groups excluding carboxylic acids is 1. The van der Waals surface area contributed by atoms with Crippen molar-refractivity contribution in [3.8, 4) is 16.9 Å². The number of hydrogen-bond acceptors (Lipinski definition) is 5. The molecule has 1 saturated carbocycles. The summed E-state index contributed by atoms with van der Waals surface area (Å²) in [6.45, 7) is 6.02. The van der Waals surface area contributed by atoms with E-state index < -0.39 is 23.6 Å². The van der Waals surface area contributed by atoms with Crippen molar-refractivity contribution in [3.05, 3.63) is 82.0 Å². The summed E-state index contributed by atoms with van der Waals surface area (Å²) in [6.07, 6.45) is 4.71. The Hall–Kier alpha value is -3.76. The molecular formula is C33H34ClF2N3O4S. The minimum absolute atomic E-state index is 0.00673. The van der Waals surface area contributed by atoms with E-state index in [2.05, 4.69) is 10.3 Å².